The lowest BCUT2D eigenvalue weighted by Gasteiger charge is -2.28. The number of carbonyl (C=O) groups is 1. The molecule has 28 heavy (non-hydrogen) atoms. The number of fused-ring (bicyclic) bond motifs is 1. The van der Waals surface area contributed by atoms with Gasteiger partial charge in [0.1, 0.15) is 11.4 Å². The van der Waals surface area contributed by atoms with Crippen molar-refractivity contribution in [1.29, 1.82) is 0 Å². The summed E-state index contributed by atoms with van der Waals surface area (Å²) in [6, 6.07) is 23.4. The van der Waals surface area contributed by atoms with Crippen molar-refractivity contribution in [3.8, 4) is 5.75 Å². The average molecular weight is 370 g/mol. The minimum Gasteiger partial charge on any atom is -0.483 e. The van der Waals surface area contributed by atoms with Crippen LogP contribution >= 0.6 is 0 Å². The van der Waals surface area contributed by atoms with Gasteiger partial charge in [-0.05, 0) is 60.7 Å². The molecular formula is C25H22O3. The molecule has 3 aromatic rings. The lowest BCUT2D eigenvalue weighted by molar-refractivity contribution is 0.0673. The van der Waals surface area contributed by atoms with Gasteiger partial charge in [0.15, 0.2) is 0 Å². The van der Waals surface area contributed by atoms with E-state index in [2.05, 4.69) is 30.3 Å². The van der Waals surface area contributed by atoms with E-state index in [4.69, 9.17) is 4.74 Å². The SMILES string of the molecule is CC(C)(Oc1ccc2c(c1)C(c1ccccc1)=CC2)c1ccccc1C(=O)O. The van der Waals surface area contributed by atoms with E-state index >= 15 is 0 Å². The summed E-state index contributed by atoms with van der Waals surface area (Å²) in [5.41, 5.74) is 4.98. The summed E-state index contributed by atoms with van der Waals surface area (Å²) in [6.45, 7) is 3.80. The zero-order chi connectivity index (χ0) is 19.7. The number of ether oxygens (including phenoxy) is 1. The molecule has 0 fully saturated rings. The first-order chi connectivity index (χ1) is 13.5. The summed E-state index contributed by atoms with van der Waals surface area (Å²) in [5, 5.41) is 9.52. The van der Waals surface area contributed by atoms with E-state index in [0.29, 0.717) is 5.56 Å². The van der Waals surface area contributed by atoms with Gasteiger partial charge in [0, 0.05) is 5.56 Å². The maximum Gasteiger partial charge on any atom is 0.336 e. The quantitative estimate of drug-likeness (QED) is 0.628. The summed E-state index contributed by atoms with van der Waals surface area (Å²) < 4.78 is 6.30. The Morgan fingerprint density at radius 1 is 0.964 bits per heavy atom. The first kappa shape index (κ1) is 18.1. The number of hydrogen-bond donors (Lipinski definition) is 1. The maximum absolute atomic E-state index is 11.6. The molecule has 0 bridgehead atoms. The molecule has 0 spiro atoms. The van der Waals surface area contributed by atoms with Crippen LogP contribution in [-0.4, -0.2) is 11.1 Å². The third-order valence-electron chi connectivity index (χ3n) is 5.16. The van der Waals surface area contributed by atoms with E-state index in [1.807, 2.05) is 50.2 Å². The van der Waals surface area contributed by atoms with Gasteiger partial charge >= 0.3 is 5.97 Å². The topological polar surface area (TPSA) is 46.5 Å². The third kappa shape index (κ3) is 3.31. The zero-order valence-corrected chi connectivity index (χ0v) is 16.0. The number of aromatic carboxylic acids is 1. The van der Waals surface area contributed by atoms with E-state index in [1.165, 1.54) is 22.3 Å². The van der Waals surface area contributed by atoms with Crippen LogP contribution in [-0.2, 0) is 12.0 Å². The van der Waals surface area contributed by atoms with Gasteiger partial charge in [-0.25, -0.2) is 4.79 Å². The van der Waals surface area contributed by atoms with Crippen molar-refractivity contribution in [1.82, 2.24) is 0 Å². The fraction of sp³-hybridized carbons (Fsp3) is 0.160. The van der Waals surface area contributed by atoms with Crippen LogP contribution in [0, 0.1) is 0 Å². The smallest absolute Gasteiger partial charge is 0.336 e. The Kier molecular flexibility index (Phi) is 4.52. The Morgan fingerprint density at radius 2 is 1.68 bits per heavy atom. The molecule has 1 aliphatic rings. The van der Waals surface area contributed by atoms with Gasteiger partial charge in [-0.3, -0.25) is 0 Å². The number of benzene rings is 3. The van der Waals surface area contributed by atoms with Crippen LogP contribution in [0.15, 0.2) is 78.9 Å². The van der Waals surface area contributed by atoms with E-state index in [0.717, 1.165) is 12.2 Å². The normalized spacial score (nSPS) is 13.0. The molecule has 0 saturated carbocycles. The van der Waals surface area contributed by atoms with Crippen LogP contribution in [0.1, 0.15) is 46.5 Å². The predicted molar refractivity (Wildman–Crippen MR) is 111 cm³/mol. The Balaban J connectivity index is 1.67. The van der Waals surface area contributed by atoms with Gasteiger partial charge in [0.25, 0.3) is 0 Å². The molecule has 3 aromatic carbocycles. The predicted octanol–water partition coefficient (Wildman–Crippen LogP) is 5.69. The highest BCUT2D eigenvalue weighted by atomic mass is 16.5. The van der Waals surface area contributed by atoms with Crippen molar-refractivity contribution in [2.75, 3.05) is 0 Å². The molecule has 1 aliphatic carbocycles. The lowest BCUT2D eigenvalue weighted by atomic mass is 9.92. The minimum absolute atomic E-state index is 0.263. The number of hydrogen-bond acceptors (Lipinski definition) is 2. The summed E-state index contributed by atoms with van der Waals surface area (Å²) >= 11 is 0. The molecule has 0 unspecified atom stereocenters. The summed E-state index contributed by atoms with van der Waals surface area (Å²) in [5.74, 6) is -0.219. The average Bonchev–Trinajstić information content (AvgIpc) is 3.11. The van der Waals surface area contributed by atoms with Crippen LogP contribution in [0.25, 0.3) is 5.57 Å². The molecule has 1 N–H and O–H groups in total. The van der Waals surface area contributed by atoms with Gasteiger partial charge in [-0.2, -0.15) is 0 Å². The van der Waals surface area contributed by atoms with Gasteiger partial charge < -0.3 is 9.84 Å². The zero-order valence-electron chi connectivity index (χ0n) is 16.0. The van der Waals surface area contributed by atoms with Gasteiger partial charge in [-0.15, -0.1) is 0 Å². The molecular weight excluding hydrogens is 348 g/mol. The highest BCUT2D eigenvalue weighted by Crippen LogP contribution is 2.37. The molecule has 0 atom stereocenters. The van der Waals surface area contributed by atoms with Crippen LogP contribution in [0.4, 0.5) is 0 Å². The largest absolute Gasteiger partial charge is 0.483 e. The van der Waals surface area contributed by atoms with Crippen molar-refractivity contribution in [2.45, 2.75) is 25.9 Å². The fourth-order valence-electron chi connectivity index (χ4n) is 3.81. The van der Waals surface area contributed by atoms with Crippen molar-refractivity contribution in [3.63, 3.8) is 0 Å². The second kappa shape index (κ2) is 7.01. The highest BCUT2D eigenvalue weighted by molar-refractivity contribution is 5.89. The summed E-state index contributed by atoms with van der Waals surface area (Å²) in [4.78, 5) is 11.6. The second-order valence-electron chi connectivity index (χ2n) is 7.47. The van der Waals surface area contributed by atoms with Gasteiger partial charge in [0.2, 0.25) is 0 Å². The molecule has 0 aromatic heterocycles. The van der Waals surface area contributed by atoms with Crippen molar-refractivity contribution in [3.05, 3.63) is 107 Å². The standard InChI is InChI=1S/C25H22O3/c1-25(2,23-11-7-6-10-21(23)24(26)27)28-19-14-12-18-13-15-20(22(18)16-19)17-8-4-3-5-9-17/h3-12,14-16H,13H2,1-2H3,(H,26,27). The second-order valence-corrected chi connectivity index (χ2v) is 7.47. The molecule has 140 valence electrons. The maximum atomic E-state index is 11.6. The van der Waals surface area contributed by atoms with E-state index in [9.17, 15) is 9.90 Å². The lowest BCUT2D eigenvalue weighted by Crippen LogP contribution is -2.28. The molecule has 0 heterocycles. The first-order valence-corrected chi connectivity index (χ1v) is 9.36. The summed E-state index contributed by atoms with van der Waals surface area (Å²) in [6.07, 6.45) is 3.15. The molecule has 0 radical (unpaired) electrons. The minimum atomic E-state index is -0.949. The number of rotatable bonds is 5. The van der Waals surface area contributed by atoms with Crippen LogP contribution in [0.2, 0.25) is 0 Å². The first-order valence-electron chi connectivity index (χ1n) is 9.36. The highest BCUT2D eigenvalue weighted by Gasteiger charge is 2.28. The van der Waals surface area contributed by atoms with Crippen LogP contribution < -0.4 is 4.74 Å². The molecule has 0 aliphatic heterocycles. The number of carboxylic acids is 1. The molecule has 4 rings (SSSR count). The monoisotopic (exact) mass is 370 g/mol. The van der Waals surface area contributed by atoms with E-state index < -0.39 is 11.6 Å². The van der Waals surface area contributed by atoms with E-state index in [1.54, 1.807) is 12.1 Å². The third-order valence-corrected chi connectivity index (χ3v) is 5.16. The van der Waals surface area contributed by atoms with Crippen LogP contribution in [0.3, 0.4) is 0 Å². The van der Waals surface area contributed by atoms with Gasteiger partial charge in [-0.1, -0.05) is 60.7 Å². The van der Waals surface area contributed by atoms with Crippen molar-refractivity contribution >= 4 is 11.5 Å². The van der Waals surface area contributed by atoms with Crippen LogP contribution in [0.5, 0.6) is 5.75 Å². The Labute approximate surface area is 164 Å². The van der Waals surface area contributed by atoms with Crippen molar-refractivity contribution in [2.24, 2.45) is 0 Å². The molecule has 3 nitrogen and oxygen atoms in total. The Hall–Kier alpha value is -3.33. The summed E-state index contributed by atoms with van der Waals surface area (Å²) in [7, 11) is 0. The number of allylic oxidation sites excluding steroid dienone is 1. The fourth-order valence-corrected chi connectivity index (χ4v) is 3.81. The molecule has 0 amide bonds. The number of carboxylic acid groups (broad SMARTS) is 1. The van der Waals surface area contributed by atoms with Gasteiger partial charge in [0.05, 0.1) is 5.56 Å². The van der Waals surface area contributed by atoms with E-state index in [-0.39, 0.29) is 5.56 Å². The van der Waals surface area contributed by atoms with Crippen molar-refractivity contribution < 1.29 is 14.6 Å². The molecule has 0 saturated heterocycles. The Morgan fingerprint density at radius 3 is 2.43 bits per heavy atom. The Bertz CT molecular complexity index is 1060. The molecule has 3 heteroatoms.